The summed E-state index contributed by atoms with van der Waals surface area (Å²) < 4.78 is 0. The van der Waals surface area contributed by atoms with Gasteiger partial charge in [-0.2, -0.15) is 0 Å². The van der Waals surface area contributed by atoms with E-state index in [0.717, 1.165) is 6.42 Å². The molecule has 0 N–H and O–H groups in total. The molecule has 86 valence electrons. The third-order valence-electron chi connectivity index (χ3n) is 2.34. The fourth-order valence-electron chi connectivity index (χ4n) is 1.49. The molecule has 1 atom stereocenters. The Labute approximate surface area is 92.8 Å². The van der Waals surface area contributed by atoms with E-state index in [4.69, 9.17) is 0 Å². The number of Topliss-reactive ketones (excluding diaryl/α,β-unsaturated/α-hetero) is 2. The van der Waals surface area contributed by atoms with Crippen LogP contribution in [0.1, 0.15) is 47.0 Å². The quantitative estimate of drug-likeness (QED) is 0.498. The van der Waals surface area contributed by atoms with Crippen LogP contribution in [0.25, 0.3) is 0 Å². The van der Waals surface area contributed by atoms with Crippen LogP contribution in [0.3, 0.4) is 0 Å². The summed E-state index contributed by atoms with van der Waals surface area (Å²) in [7, 11) is 0. The highest BCUT2D eigenvalue weighted by Crippen LogP contribution is 2.24. The second-order valence-corrected chi connectivity index (χ2v) is 4.91. The molecule has 0 saturated carbocycles. The van der Waals surface area contributed by atoms with Gasteiger partial charge in [0.1, 0.15) is 11.6 Å². The molecule has 0 aliphatic rings. The standard InChI is InChI=1S/C13H22O2/c1-6-8-10(11(14)9-7-2)12(15)13(3,4)5/h6,10H,1,7-9H2,2-5H3. The molecule has 0 bridgehead atoms. The Balaban J connectivity index is 4.73. The number of carbonyl (C=O) groups is 2. The molecule has 0 aliphatic carbocycles. The van der Waals surface area contributed by atoms with Crippen molar-refractivity contribution in [1.82, 2.24) is 0 Å². The highest BCUT2D eigenvalue weighted by molar-refractivity contribution is 6.04. The largest absolute Gasteiger partial charge is 0.299 e. The Bertz CT molecular complexity index is 246. The van der Waals surface area contributed by atoms with Crippen LogP contribution in [0, 0.1) is 11.3 Å². The van der Waals surface area contributed by atoms with Crippen molar-refractivity contribution < 1.29 is 9.59 Å². The van der Waals surface area contributed by atoms with Gasteiger partial charge in [-0.1, -0.05) is 33.8 Å². The molecular formula is C13H22O2. The van der Waals surface area contributed by atoms with E-state index >= 15 is 0 Å². The lowest BCUT2D eigenvalue weighted by Crippen LogP contribution is -2.33. The maximum absolute atomic E-state index is 12.0. The summed E-state index contributed by atoms with van der Waals surface area (Å²) in [6, 6.07) is 0. The summed E-state index contributed by atoms with van der Waals surface area (Å²) in [6.45, 7) is 11.1. The van der Waals surface area contributed by atoms with Crippen molar-refractivity contribution in [1.29, 1.82) is 0 Å². The van der Waals surface area contributed by atoms with Crippen molar-refractivity contribution >= 4 is 11.6 Å². The van der Waals surface area contributed by atoms with E-state index in [0.29, 0.717) is 12.8 Å². The fourth-order valence-corrected chi connectivity index (χ4v) is 1.49. The maximum Gasteiger partial charge on any atom is 0.148 e. The van der Waals surface area contributed by atoms with E-state index in [1.165, 1.54) is 0 Å². The molecule has 0 radical (unpaired) electrons. The van der Waals surface area contributed by atoms with Gasteiger partial charge in [0.05, 0.1) is 5.92 Å². The molecule has 0 saturated heterocycles. The Morgan fingerprint density at radius 3 is 2.20 bits per heavy atom. The first-order chi connectivity index (χ1) is 6.84. The second-order valence-electron chi connectivity index (χ2n) is 4.91. The minimum atomic E-state index is -0.484. The van der Waals surface area contributed by atoms with Crippen LogP contribution in [0.15, 0.2) is 12.7 Å². The number of ketones is 2. The molecule has 0 amide bonds. The lowest BCUT2D eigenvalue weighted by atomic mass is 9.79. The predicted octanol–water partition coefficient (Wildman–Crippen LogP) is 3.16. The summed E-state index contributed by atoms with van der Waals surface area (Å²) in [5.74, 6) is -0.402. The third kappa shape index (κ3) is 4.41. The zero-order valence-corrected chi connectivity index (χ0v) is 10.3. The van der Waals surface area contributed by atoms with E-state index in [1.54, 1.807) is 6.08 Å². The van der Waals surface area contributed by atoms with E-state index in [9.17, 15) is 9.59 Å². The lowest BCUT2D eigenvalue weighted by Gasteiger charge is -2.22. The van der Waals surface area contributed by atoms with Gasteiger partial charge in [0.2, 0.25) is 0 Å². The van der Waals surface area contributed by atoms with Gasteiger partial charge in [-0.25, -0.2) is 0 Å². The molecule has 2 nitrogen and oxygen atoms in total. The van der Waals surface area contributed by atoms with Gasteiger partial charge < -0.3 is 0 Å². The predicted molar refractivity (Wildman–Crippen MR) is 62.7 cm³/mol. The van der Waals surface area contributed by atoms with Crippen molar-refractivity contribution in [2.75, 3.05) is 0 Å². The molecule has 0 aromatic rings. The monoisotopic (exact) mass is 210 g/mol. The van der Waals surface area contributed by atoms with E-state index in [2.05, 4.69) is 6.58 Å². The number of allylic oxidation sites excluding steroid dienone is 1. The molecule has 0 aromatic carbocycles. The highest BCUT2D eigenvalue weighted by atomic mass is 16.2. The Hall–Kier alpha value is -0.920. The minimum absolute atomic E-state index is 0.0286. The summed E-state index contributed by atoms with van der Waals surface area (Å²) in [5, 5.41) is 0. The Morgan fingerprint density at radius 1 is 1.33 bits per heavy atom. The van der Waals surface area contributed by atoms with Crippen LogP contribution in [0.4, 0.5) is 0 Å². The molecule has 0 rings (SSSR count). The Kier molecular flexibility index (Phi) is 5.48. The smallest absolute Gasteiger partial charge is 0.148 e. The number of hydrogen-bond acceptors (Lipinski definition) is 2. The molecule has 0 aromatic heterocycles. The molecule has 2 heteroatoms. The van der Waals surface area contributed by atoms with Crippen LogP contribution in [0.2, 0.25) is 0 Å². The van der Waals surface area contributed by atoms with Crippen molar-refractivity contribution in [3.8, 4) is 0 Å². The molecule has 1 unspecified atom stereocenters. The zero-order chi connectivity index (χ0) is 12.1. The maximum atomic E-state index is 12.0. The minimum Gasteiger partial charge on any atom is -0.299 e. The molecule has 15 heavy (non-hydrogen) atoms. The van der Waals surface area contributed by atoms with E-state index in [1.807, 2.05) is 27.7 Å². The van der Waals surface area contributed by atoms with E-state index in [-0.39, 0.29) is 11.6 Å². The SMILES string of the molecule is C=CCC(C(=O)CCC)C(=O)C(C)(C)C. The van der Waals surface area contributed by atoms with Gasteiger partial charge in [-0.15, -0.1) is 6.58 Å². The first-order valence-electron chi connectivity index (χ1n) is 5.52. The van der Waals surface area contributed by atoms with Crippen molar-refractivity contribution in [3.05, 3.63) is 12.7 Å². The van der Waals surface area contributed by atoms with Gasteiger partial charge >= 0.3 is 0 Å². The first-order valence-corrected chi connectivity index (χ1v) is 5.52. The first kappa shape index (κ1) is 14.1. The molecule has 0 aliphatic heterocycles. The third-order valence-corrected chi connectivity index (χ3v) is 2.34. The Morgan fingerprint density at radius 2 is 1.87 bits per heavy atom. The normalized spacial score (nSPS) is 13.3. The molecule has 0 fully saturated rings. The summed E-state index contributed by atoms with van der Waals surface area (Å²) in [6.07, 6.45) is 3.40. The van der Waals surface area contributed by atoms with Gasteiger partial charge in [0, 0.05) is 11.8 Å². The topological polar surface area (TPSA) is 34.1 Å². The summed E-state index contributed by atoms with van der Waals surface area (Å²) in [5.41, 5.74) is -0.447. The molecule has 0 spiro atoms. The number of carbonyl (C=O) groups excluding carboxylic acids is 2. The van der Waals surface area contributed by atoms with E-state index < -0.39 is 11.3 Å². The zero-order valence-electron chi connectivity index (χ0n) is 10.3. The van der Waals surface area contributed by atoms with Crippen LogP contribution < -0.4 is 0 Å². The average Bonchev–Trinajstić information content (AvgIpc) is 2.12. The lowest BCUT2D eigenvalue weighted by molar-refractivity contribution is -0.137. The van der Waals surface area contributed by atoms with Gasteiger partial charge in [0.15, 0.2) is 0 Å². The summed E-state index contributed by atoms with van der Waals surface area (Å²) >= 11 is 0. The van der Waals surface area contributed by atoms with Crippen LogP contribution in [-0.2, 0) is 9.59 Å². The number of rotatable bonds is 6. The van der Waals surface area contributed by atoms with Gasteiger partial charge in [-0.3, -0.25) is 9.59 Å². The fraction of sp³-hybridized carbons (Fsp3) is 0.692. The van der Waals surface area contributed by atoms with Crippen molar-refractivity contribution in [3.63, 3.8) is 0 Å². The number of hydrogen-bond donors (Lipinski definition) is 0. The van der Waals surface area contributed by atoms with Crippen LogP contribution in [0.5, 0.6) is 0 Å². The van der Waals surface area contributed by atoms with Gasteiger partial charge in [0.25, 0.3) is 0 Å². The molecule has 0 heterocycles. The van der Waals surface area contributed by atoms with Crippen LogP contribution >= 0.6 is 0 Å². The molecular weight excluding hydrogens is 188 g/mol. The van der Waals surface area contributed by atoms with Crippen molar-refractivity contribution in [2.45, 2.75) is 47.0 Å². The van der Waals surface area contributed by atoms with Gasteiger partial charge in [-0.05, 0) is 12.8 Å². The average molecular weight is 210 g/mol. The van der Waals surface area contributed by atoms with Crippen LogP contribution in [-0.4, -0.2) is 11.6 Å². The highest BCUT2D eigenvalue weighted by Gasteiger charge is 2.32. The van der Waals surface area contributed by atoms with Crippen molar-refractivity contribution in [2.24, 2.45) is 11.3 Å². The second kappa shape index (κ2) is 5.84. The summed E-state index contributed by atoms with van der Waals surface area (Å²) in [4.78, 5) is 23.8.